The molecule has 1 atom stereocenters. The number of hydrogen-bond donors (Lipinski definition) is 3. The number of anilines is 1. The second kappa shape index (κ2) is 5.93. The van der Waals surface area contributed by atoms with Gasteiger partial charge in [0.25, 0.3) is 5.91 Å². The number of nitrogens with one attached hydrogen (secondary N) is 2. The maximum Gasteiger partial charge on any atom is 0.418 e. The van der Waals surface area contributed by atoms with E-state index in [1.165, 1.54) is 12.1 Å². The Balaban J connectivity index is 3.17. The first kappa shape index (κ1) is 17.3. The number of amides is 1. The molecule has 0 radical (unpaired) electrons. The third-order valence-electron chi connectivity index (χ3n) is 3.41. The molecule has 0 aliphatic rings. The summed E-state index contributed by atoms with van der Waals surface area (Å²) >= 11 is 0. The number of benzene rings is 1. The SMILES string of the molecule is CC(NC(=O)c1cccc(C(F)(F)F)c1NN)C(C)(C)C. The Morgan fingerprint density at radius 2 is 1.81 bits per heavy atom. The molecule has 0 aliphatic heterocycles. The first-order valence-corrected chi connectivity index (χ1v) is 6.46. The molecule has 0 saturated carbocycles. The van der Waals surface area contributed by atoms with Crippen LogP contribution in [-0.4, -0.2) is 11.9 Å². The highest BCUT2D eigenvalue weighted by Crippen LogP contribution is 2.36. The highest BCUT2D eigenvalue weighted by Gasteiger charge is 2.35. The van der Waals surface area contributed by atoms with Crippen LogP contribution in [0, 0.1) is 5.41 Å². The number of halogens is 3. The number of nitrogens with two attached hydrogens (primary N) is 1. The van der Waals surface area contributed by atoms with E-state index in [1.807, 2.05) is 26.2 Å². The minimum Gasteiger partial charge on any atom is -0.349 e. The maximum atomic E-state index is 12.9. The van der Waals surface area contributed by atoms with Gasteiger partial charge >= 0.3 is 6.18 Å². The number of nitrogen functional groups attached to an aromatic ring is 1. The van der Waals surface area contributed by atoms with Gasteiger partial charge in [-0.1, -0.05) is 26.8 Å². The zero-order valence-electron chi connectivity index (χ0n) is 12.4. The Morgan fingerprint density at radius 1 is 1.24 bits per heavy atom. The van der Waals surface area contributed by atoms with Gasteiger partial charge in [0.2, 0.25) is 0 Å². The minimum atomic E-state index is -4.59. The molecule has 4 nitrogen and oxygen atoms in total. The van der Waals surface area contributed by atoms with Gasteiger partial charge in [-0.3, -0.25) is 10.6 Å². The van der Waals surface area contributed by atoms with Crippen LogP contribution in [0.15, 0.2) is 18.2 Å². The van der Waals surface area contributed by atoms with E-state index in [1.54, 1.807) is 6.92 Å². The van der Waals surface area contributed by atoms with Crippen molar-refractivity contribution in [1.29, 1.82) is 0 Å². The van der Waals surface area contributed by atoms with Crippen LogP contribution < -0.4 is 16.6 Å². The van der Waals surface area contributed by atoms with Gasteiger partial charge < -0.3 is 10.7 Å². The summed E-state index contributed by atoms with van der Waals surface area (Å²) in [4.78, 5) is 12.2. The molecule has 0 aliphatic carbocycles. The fraction of sp³-hybridized carbons (Fsp3) is 0.500. The number of para-hydroxylation sites is 1. The average Bonchev–Trinajstić information content (AvgIpc) is 2.35. The van der Waals surface area contributed by atoms with Crippen molar-refractivity contribution >= 4 is 11.6 Å². The van der Waals surface area contributed by atoms with Crippen molar-refractivity contribution in [2.24, 2.45) is 11.3 Å². The topological polar surface area (TPSA) is 67.2 Å². The predicted octanol–water partition coefficient (Wildman–Crippen LogP) is 3.16. The molecule has 1 unspecified atom stereocenters. The normalized spacial score (nSPS) is 13.7. The number of carbonyl (C=O) groups is 1. The third kappa shape index (κ3) is 4.10. The lowest BCUT2D eigenvalue weighted by Gasteiger charge is -2.28. The van der Waals surface area contributed by atoms with Crippen molar-refractivity contribution in [1.82, 2.24) is 5.32 Å². The van der Waals surface area contributed by atoms with Gasteiger partial charge in [-0.15, -0.1) is 0 Å². The third-order valence-corrected chi connectivity index (χ3v) is 3.41. The second-order valence-corrected chi connectivity index (χ2v) is 5.93. The van der Waals surface area contributed by atoms with Crippen LogP contribution in [-0.2, 0) is 6.18 Å². The molecule has 0 heterocycles. The average molecular weight is 303 g/mol. The summed E-state index contributed by atoms with van der Waals surface area (Å²) < 4.78 is 38.7. The monoisotopic (exact) mass is 303 g/mol. The van der Waals surface area contributed by atoms with Crippen molar-refractivity contribution in [3.8, 4) is 0 Å². The molecule has 118 valence electrons. The van der Waals surface area contributed by atoms with E-state index in [0.29, 0.717) is 0 Å². The first-order valence-electron chi connectivity index (χ1n) is 6.46. The molecule has 0 spiro atoms. The van der Waals surface area contributed by atoms with E-state index in [2.05, 4.69) is 5.32 Å². The molecule has 0 fully saturated rings. The molecule has 0 bridgehead atoms. The van der Waals surface area contributed by atoms with Crippen molar-refractivity contribution < 1.29 is 18.0 Å². The highest BCUT2D eigenvalue weighted by molar-refractivity contribution is 6.00. The van der Waals surface area contributed by atoms with Gasteiger partial charge in [-0.05, 0) is 24.5 Å². The van der Waals surface area contributed by atoms with E-state index in [0.717, 1.165) is 6.07 Å². The number of hydrazine groups is 1. The smallest absolute Gasteiger partial charge is 0.349 e. The Kier molecular flexibility index (Phi) is 4.88. The summed E-state index contributed by atoms with van der Waals surface area (Å²) in [5, 5.41) is 2.69. The molecular weight excluding hydrogens is 283 g/mol. The Bertz CT molecular complexity index is 521. The zero-order chi connectivity index (χ0) is 16.4. The second-order valence-electron chi connectivity index (χ2n) is 5.93. The van der Waals surface area contributed by atoms with Gasteiger partial charge in [-0.25, -0.2) is 0 Å². The Morgan fingerprint density at radius 3 is 2.24 bits per heavy atom. The molecule has 1 amide bonds. The van der Waals surface area contributed by atoms with E-state index in [9.17, 15) is 18.0 Å². The summed E-state index contributed by atoms with van der Waals surface area (Å²) in [6.45, 7) is 7.56. The van der Waals surface area contributed by atoms with Crippen LogP contribution >= 0.6 is 0 Å². The van der Waals surface area contributed by atoms with Crippen LogP contribution in [0.5, 0.6) is 0 Å². The fourth-order valence-electron chi connectivity index (χ4n) is 1.62. The predicted molar refractivity (Wildman–Crippen MR) is 75.6 cm³/mol. The van der Waals surface area contributed by atoms with Gasteiger partial charge in [-0.2, -0.15) is 13.2 Å². The molecule has 0 saturated heterocycles. The highest BCUT2D eigenvalue weighted by atomic mass is 19.4. The summed E-state index contributed by atoms with van der Waals surface area (Å²) in [6.07, 6.45) is -4.59. The Hall–Kier alpha value is -1.76. The van der Waals surface area contributed by atoms with E-state index >= 15 is 0 Å². The number of hydrogen-bond acceptors (Lipinski definition) is 3. The molecule has 4 N–H and O–H groups in total. The van der Waals surface area contributed by atoms with Crippen molar-refractivity contribution in [3.63, 3.8) is 0 Å². The van der Waals surface area contributed by atoms with Crippen LogP contribution in [0.4, 0.5) is 18.9 Å². The molecule has 7 heteroatoms. The molecule has 1 rings (SSSR count). The van der Waals surface area contributed by atoms with Crippen molar-refractivity contribution in [3.05, 3.63) is 29.3 Å². The van der Waals surface area contributed by atoms with Crippen LogP contribution in [0.3, 0.4) is 0 Å². The zero-order valence-corrected chi connectivity index (χ0v) is 12.4. The summed E-state index contributed by atoms with van der Waals surface area (Å²) in [5.74, 6) is 4.57. The molecule has 1 aromatic rings. The number of carbonyl (C=O) groups excluding carboxylic acids is 1. The van der Waals surface area contributed by atoms with Crippen molar-refractivity contribution in [2.45, 2.75) is 39.9 Å². The fourth-order valence-corrected chi connectivity index (χ4v) is 1.62. The van der Waals surface area contributed by atoms with E-state index in [-0.39, 0.29) is 17.0 Å². The number of alkyl halides is 3. The molecular formula is C14H20F3N3O. The quantitative estimate of drug-likeness (QED) is 0.593. The summed E-state index contributed by atoms with van der Waals surface area (Å²) in [6, 6.07) is 3.14. The number of rotatable bonds is 3. The van der Waals surface area contributed by atoms with E-state index < -0.39 is 23.3 Å². The van der Waals surface area contributed by atoms with E-state index in [4.69, 9.17) is 5.84 Å². The minimum absolute atomic E-state index is 0.136. The van der Waals surface area contributed by atoms with Crippen molar-refractivity contribution in [2.75, 3.05) is 5.43 Å². The van der Waals surface area contributed by atoms with Gasteiger partial charge in [0, 0.05) is 6.04 Å². The van der Waals surface area contributed by atoms with Gasteiger partial charge in [0.05, 0.1) is 16.8 Å². The maximum absolute atomic E-state index is 12.9. The lowest BCUT2D eigenvalue weighted by atomic mass is 9.88. The summed E-state index contributed by atoms with van der Waals surface area (Å²) in [7, 11) is 0. The largest absolute Gasteiger partial charge is 0.418 e. The van der Waals surface area contributed by atoms with Crippen LogP contribution in [0.25, 0.3) is 0 Å². The lowest BCUT2D eigenvalue weighted by Crippen LogP contribution is -2.41. The molecule has 1 aromatic carbocycles. The standard InChI is InChI=1S/C14H20F3N3O/c1-8(13(2,3)4)19-12(21)9-6-5-7-10(11(9)20-18)14(15,16)17/h5-8,20H,18H2,1-4H3,(H,19,21). The van der Waals surface area contributed by atoms with Crippen LogP contribution in [0.1, 0.15) is 43.6 Å². The van der Waals surface area contributed by atoms with Gasteiger partial charge in [0.15, 0.2) is 0 Å². The van der Waals surface area contributed by atoms with Crippen LogP contribution in [0.2, 0.25) is 0 Å². The molecule has 21 heavy (non-hydrogen) atoms. The summed E-state index contributed by atoms with van der Waals surface area (Å²) in [5.41, 5.74) is 0.234. The molecule has 0 aromatic heterocycles. The lowest BCUT2D eigenvalue weighted by molar-refractivity contribution is -0.137. The Labute approximate surface area is 121 Å². The first-order chi connectivity index (χ1) is 9.48. The van der Waals surface area contributed by atoms with Gasteiger partial charge in [0.1, 0.15) is 0 Å².